The van der Waals surface area contributed by atoms with Crippen molar-refractivity contribution in [3.05, 3.63) is 48.4 Å². The van der Waals surface area contributed by atoms with E-state index in [1.807, 2.05) is 24.5 Å². The van der Waals surface area contributed by atoms with Crippen LogP contribution in [0.5, 0.6) is 11.5 Å². The standard InChI is InChI=1S/C16H14N4O2S/c1-17-15(21)14-8-12(5-6-18-14)22-11-3-4-13-10(7-11)9-19-16(20-13)23-2/h3-9H,1-2H3,(H,17,21). The highest BCUT2D eigenvalue weighted by Crippen LogP contribution is 2.25. The summed E-state index contributed by atoms with van der Waals surface area (Å²) in [6.07, 6.45) is 5.24. The number of nitrogens with zero attached hydrogens (tertiary/aromatic N) is 3. The maximum Gasteiger partial charge on any atom is 0.269 e. The van der Waals surface area contributed by atoms with Crippen molar-refractivity contribution in [2.24, 2.45) is 0 Å². The quantitative estimate of drug-likeness (QED) is 0.587. The molecule has 0 unspecified atom stereocenters. The number of thioether (sulfide) groups is 1. The largest absolute Gasteiger partial charge is 0.457 e. The Balaban J connectivity index is 1.88. The number of rotatable bonds is 4. The Bertz CT molecular complexity index is 870. The first-order valence-electron chi connectivity index (χ1n) is 6.86. The molecule has 2 aromatic heterocycles. The van der Waals surface area contributed by atoms with E-state index >= 15 is 0 Å². The van der Waals surface area contributed by atoms with Crippen molar-refractivity contribution in [2.45, 2.75) is 5.16 Å². The van der Waals surface area contributed by atoms with Crippen molar-refractivity contribution in [1.82, 2.24) is 20.3 Å². The monoisotopic (exact) mass is 326 g/mol. The van der Waals surface area contributed by atoms with Crippen molar-refractivity contribution >= 4 is 28.6 Å². The molecule has 3 rings (SSSR count). The molecule has 23 heavy (non-hydrogen) atoms. The molecule has 6 nitrogen and oxygen atoms in total. The highest BCUT2D eigenvalue weighted by molar-refractivity contribution is 7.98. The van der Waals surface area contributed by atoms with Crippen LogP contribution in [0.25, 0.3) is 10.9 Å². The van der Waals surface area contributed by atoms with Gasteiger partial charge < -0.3 is 10.1 Å². The predicted molar refractivity (Wildman–Crippen MR) is 89.0 cm³/mol. The van der Waals surface area contributed by atoms with E-state index in [1.165, 1.54) is 18.0 Å². The first-order valence-corrected chi connectivity index (χ1v) is 8.09. The molecule has 0 saturated carbocycles. The van der Waals surface area contributed by atoms with Gasteiger partial charge in [-0.25, -0.2) is 9.97 Å². The molecule has 0 bridgehead atoms. The summed E-state index contributed by atoms with van der Waals surface area (Å²) in [5.41, 5.74) is 1.16. The third kappa shape index (κ3) is 3.40. The molecule has 0 aliphatic heterocycles. The molecule has 1 aromatic carbocycles. The molecule has 0 saturated heterocycles. The molecule has 0 aliphatic carbocycles. The molecule has 0 atom stereocenters. The van der Waals surface area contributed by atoms with Crippen LogP contribution in [0.2, 0.25) is 0 Å². The van der Waals surface area contributed by atoms with Crippen molar-refractivity contribution in [2.75, 3.05) is 13.3 Å². The molecular weight excluding hydrogens is 312 g/mol. The molecule has 2 heterocycles. The first kappa shape index (κ1) is 15.2. The summed E-state index contributed by atoms with van der Waals surface area (Å²) in [7, 11) is 1.56. The summed E-state index contributed by atoms with van der Waals surface area (Å²) in [4.78, 5) is 24.3. The van der Waals surface area contributed by atoms with E-state index in [0.29, 0.717) is 17.2 Å². The van der Waals surface area contributed by atoms with Gasteiger partial charge in [0.25, 0.3) is 5.91 Å². The van der Waals surface area contributed by atoms with Gasteiger partial charge >= 0.3 is 0 Å². The Kier molecular flexibility index (Phi) is 4.38. The number of carbonyl (C=O) groups is 1. The van der Waals surface area contributed by atoms with Crippen molar-refractivity contribution in [3.63, 3.8) is 0 Å². The molecule has 1 amide bonds. The summed E-state index contributed by atoms with van der Waals surface area (Å²) in [6, 6.07) is 8.87. The van der Waals surface area contributed by atoms with E-state index in [-0.39, 0.29) is 5.91 Å². The van der Waals surface area contributed by atoms with Gasteiger partial charge in [0.15, 0.2) is 5.16 Å². The van der Waals surface area contributed by atoms with Crippen LogP contribution in [-0.2, 0) is 0 Å². The third-order valence-corrected chi connectivity index (χ3v) is 3.70. The van der Waals surface area contributed by atoms with E-state index in [9.17, 15) is 4.79 Å². The van der Waals surface area contributed by atoms with Gasteiger partial charge in [0.05, 0.1) is 5.52 Å². The zero-order valence-electron chi connectivity index (χ0n) is 12.6. The Morgan fingerprint density at radius 2 is 2.00 bits per heavy atom. The average molecular weight is 326 g/mol. The van der Waals surface area contributed by atoms with Crippen LogP contribution >= 0.6 is 11.8 Å². The molecule has 0 radical (unpaired) electrons. The number of benzene rings is 1. The number of aromatic nitrogens is 3. The number of hydrogen-bond donors (Lipinski definition) is 1. The van der Waals surface area contributed by atoms with Gasteiger partial charge in [-0.1, -0.05) is 11.8 Å². The minimum Gasteiger partial charge on any atom is -0.457 e. The molecule has 1 N–H and O–H groups in total. The van der Waals surface area contributed by atoms with Crippen molar-refractivity contribution < 1.29 is 9.53 Å². The maximum atomic E-state index is 11.6. The van der Waals surface area contributed by atoms with Crippen LogP contribution in [0.4, 0.5) is 0 Å². The van der Waals surface area contributed by atoms with Crippen LogP contribution < -0.4 is 10.1 Å². The van der Waals surface area contributed by atoms with E-state index in [4.69, 9.17) is 4.74 Å². The minimum absolute atomic E-state index is 0.257. The van der Waals surface area contributed by atoms with E-state index < -0.39 is 0 Å². The Morgan fingerprint density at radius 3 is 2.78 bits per heavy atom. The number of hydrogen-bond acceptors (Lipinski definition) is 6. The molecule has 0 fully saturated rings. The van der Waals surface area contributed by atoms with Crippen LogP contribution in [0.3, 0.4) is 0 Å². The molecular formula is C16H14N4O2S. The highest BCUT2D eigenvalue weighted by atomic mass is 32.2. The average Bonchev–Trinajstić information content (AvgIpc) is 2.60. The van der Waals surface area contributed by atoms with Crippen molar-refractivity contribution in [3.8, 4) is 11.5 Å². The normalized spacial score (nSPS) is 10.5. The summed E-state index contributed by atoms with van der Waals surface area (Å²) < 4.78 is 5.80. The fourth-order valence-corrected chi connectivity index (χ4v) is 2.37. The second-order valence-electron chi connectivity index (χ2n) is 4.64. The SMILES string of the molecule is CNC(=O)c1cc(Oc2ccc3nc(SC)ncc3c2)ccn1. The minimum atomic E-state index is -0.257. The zero-order chi connectivity index (χ0) is 16.2. The van der Waals surface area contributed by atoms with Crippen LogP contribution in [0.1, 0.15) is 10.5 Å². The first-order chi connectivity index (χ1) is 11.2. The number of nitrogens with one attached hydrogen (secondary N) is 1. The van der Waals surface area contributed by atoms with E-state index in [1.54, 1.807) is 25.4 Å². The lowest BCUT2D eigenvalue weighted by atomic mass is 10.2. The predicted octanol–water partition coefficient (Wildman–Crippen LogP) is 2.90. The Hall–Kier alpha value is -2.67. The highest BCUT2D eigenvalue weighted by Gasteiger charge is 2.07. The zero-order valence-corrected chi connectivity index (χ0v) is 13.4. The van der Waals surface area contributed by atoms with Gasteiger partial charge in [-0.15, -0.1) is 0 Å². The smallest absolute Gasteiger partial charge is 0.269 e. The van der Waals surface area contributed by atoms with E-state index in [2.05, 4.69) is 20.3 Å². The molecule has 7 heteroatoms. The second-order valence-corrected chi connectivity index (χ2v) is 5.41. The van der Waals surface area contributed by atoms with Crippen molar-refractivity contribution in [1.29, 1.82) is 0 Å². The lowest BCUT2D eigenvalue weighted by Crippen LogP contribution is -2.18. The summed E-state index contributed by atoms with van der Waals surface area (Å²) in [5.74, 6) is 0.929. The fraction of sp³-hybridized carbons (Fsp3) is 0.125. The Labute approximate surface area is 137 Å². The number of ether oxygens (including phenoxy) is 1. The third-order valence-electron chi connectivity index (χ3n) is 3.14. The van der Waals surface area contributed by atoms with Gasteiger partial charge in [0.2, 0.25) is 0 Å². The lowest BCUT2D eigenvalue weighted by Gasteiger charge is -2.08. The van der Waals surface area contributed by atoms with Gasteiger partial charge in [0, 0.05) is 30.9 Å². The number of fused-ring (bicyclic) bond motifs is 1. The Morgan fingerprint density at radius 1 is 1.17 bits per heavy atom. The number of pyridine rings is 1. The molecule has 116 valence electrons. The summed E-state index contributed by atoms with van der Waals surface area (Å²) in [6.45, 7) is 0. The fourth-order valence-electron chi connectivity index (χ4n) is 2.02. The van der Waals surface area contributed by atoms with Crippen LogP contribution in [-0.4, -0.2) is 34.2 Å². The van der Waals surface area contributed by atoms with Gasteiger partial charge in [-0.05, 0) is 30.5 Å². The summed E-state index contributed by atoms with van der Waals surface area (Å²) >= 11 is 1.50. The van der Waals surface area contributed by atoms with Crippen LogP contribution in [0, 0.1) is 0 Å². The number of carbonyl (C=O) groups excluding carboxylic acids is 1. The summed E-state index contributed by atoms with van der Waals surface area (Å²) in [5, 5.41) is 4.15. The van der Waals surface area contributed by atoms with Gasteiger partial charge in [0.1, 0.15) is 17.2 Å². The van der Waals surface area contributed by atoms with E-state index in [0.717, 1.165) is 16.1 Å². The van der Waals surface area contributed by atoms with Crippen LogP contribution in [0.15, 0.2) is 47.9 Å². The number of amides is 1. The topological polar surface area (TPSA) is 77.0 Å². The lowest BCUT2D eigenvalue weighted by molar-refractivity contribution is 0.0958. The maximum absolute atomic E-state index is 11.6. The molecule has 3 aromatic rings. The second kappa shape index (κ2) is 6.62. The molecule has 0 spiro atoms. The van der Waals surface area contributed by atoms with Gasteiger partial charge in [-0.2, -0.15) is 0 Å². The molecule has 0 aliphatic rings. The van der Waals surface area contributed by atoms with Gasteiger partial charge in [-0.3, -0.25) is 9.78 Å².